The molecule has 23 heavy (non-hydrogen) atoms. The zero-order chi connectivity index (χ0) is 16.1. The van der Waals surface area contributed by atoms with E-state index in [0.29, 0.717) is 5.56 Å². The molecule has 1 saturated heterocycles. The fourth-order valence-corrected chi connectivity index (χ4v) is 2.95. The van der Waals surface area contributed by atoms with E-state index in [1.165, 1.54) is 11.1 Å². The van der Waals surface area contributed by atoms with Crippen LogP contribution in [0, 0.1) is 0 Å². The van der Waals surface area contributed by atoms with Crippen molar-refractivity contribution in [1.29, 1.82) is 0 Å². The van der Waals surface area contributed by atoms with Gasteiger partial charge in [-0.25, -0.2) is 0 Å². The lowest BCUT2D eigenvalue weighted by atomic mass is 10.0. The minimum absolute atomic E-state index is 0.0508. The Bertz CT molecular complexity index is 640. The topological polar surface area (TPSA) is 41.6 Å². The number of benzene rings is 2. The maximum atomic E-state index is 11.6. The molecule has 0 bridgehead atoms. The number of morpholine rings is 1. The Labute approximate surface area is 137 Å². The van der Waals surface area contributed by atoms with Crippen molar-refractivity contribution in [3.05, 3.63) is 71.3 Å². The number of rotatable bonds is 4. The van der Waals surface area contributed by atoms with Crippen LogP contribution in [0.15, 0.2) is 54.6 Å². The molecule has 1 atom stereocenters. The van der Waals surface area contributed by atoms with Gasteiger partial charge in [0.05, 0.1) is 19.3 Å². The molecule has 0 unspecified atom stereocenters. The van der Waals surface area contributed by atoms with E-state index in [1.54, 1.807) is 7.05 Å². The Balaban J connectivity index is 1.73. The zero-order valence-electron chi connectivity index (χ0n) is 13.4. The first-order valence-electron chi connectivity index (χ1n) is 7.95. The van der Waals surface area contributed by atoms with Gasteiger partial charge in [0, 0.05) is 25.7 Å². The van der Waals surface area contributed by atoms with E-state index >= 15 is 0 Å². The largest absolute Gasteiger partial charge is 0.378 e. The molecule has 1 heterocycles. The van der Waals surface area contributed by atoms with Gasteiger partial charge in [0.2, 0.25) is 0 Å². The predicted octanol–water partition coefficient (Wildman–Crippen LogP) is 2.62. The van der Waals surface area contributed by atoms with Crippen LogP contribution in [0.3, 0.4) is 0 Å². The van der Waals surface area contributed by atoms with E-state index in [-0.39, 0.29) is 11.9 Å². The normalized spacial score (nSPS) is 18.6. The smallest absolute Gasteiger partial charge is 0.251 e. The van der Waals surface area contributed by atoms with Crippen molar-refractivity contribution < 1.29 is 9.53 Å². The first-order chi connectivity index (χ1) is 11.3. The third-order valence-electron chi connectivity index (χ3n) is 4.25. The Morgan fingerprint density at radius 1 is 1.17 bits per heavy atom. The van der Waals surface area contributed by atoms with Gasteiger partial charge in [0.1, 0.15) is 0 Å². The molecule has 0 aromatic heterocycles. The van der Waals surface area contributed by atoms with Crippen LogP contribution in [0.4, 0.5) is 0 Å². The molecule has 0 spiro atoms. The van der Waals surface area contributed by atoms with Crippen LogP contribution in [0.1, 0.15) is 27.5 Å². The molecule has 0 aliphatic carbocycles. The highest BCUT2D eigenvalue weighted by Gasteiger charge is 2.24. The summed E-state index contributed by atoms with van der Waals surface area (Å²) in [6.07, 6.45) is 0. The lowest BCUT2D eigenvalue weighted by Crippen LogP contribution is -2.39. The van der Waals surface area contributed by atoms with Gasteiger partial charge in [-0.05, 0) is 23.3 Å². The van der Waals surface area contributed by atoms with E-state index in [2.05, 4.69) is 34.5 Å². The van der Waals surface area contributed by atoms with Gasteiger partial charge in [-0.3, -0.25) is 9.69 Å². The van der Waals surface area contributed by atoms with E-state index in [9.17, 15) is 4.79 Å². The van der Waals surface area contributed by atoms with E-state index in [1.807, 2.05) is 30.3 Å². The molecular formula is C19H22N2O2. The van der Waals surface area contributed by atoms with Crippen molar-refractivity contribution >= 4 is 5.91 Å². The van der Waals surface area contributed by atoms with Crippen LogP contribution in [-0.4, -0.2) is 37.6 Å². The molecule has 4 heteroatoms. The van der Waals surface area contributed by atoms with Crippen molar-refractivity contribution in [3.8, 4) is 0 Å². The Morgan fingerprint density at radius 3 is 2.61 bits per heavy atom. The SMILES string of the molecule is CNC(=O)c1ccc(CN2CCOC[C@@H]2c2ccccc2)cc1. The van der Waals surface area contributed by atoms with Gasteiger partial charge in [-0.15, -0.1) is 0 Å². The van der Waals surface area contributed by atoms with Gasteiger partial charge >= 0.3 is 0 Å². The molecule has 1 aliphatic heterocycles. The minimum atomic E-state index is -0.0508. The summed E-state index contributed by atoms with van der Waals surface area (Å²) in [5.41, 5.74) is 3.19. The third-order valence-corrected chi connectivity index (χ3v) is 4.25. The first kappa shape index (κ1) is 15.7. The minimum Gasteiger partial charge on any atom is -0.378 e. The number of nitrogens with zero attached hydrogens (tertiary/aromatic N) is 1. The predicted molar refractivity (Wildman–Crippen MR) is 90.2 cm³/mol. The van der Waals surface area contributed by atoms with Gasteiger partial charge in [-0.1, -0.05) is 42.5 Å². The summed E-state index contributed by atoms with van der Waals surface area (Å²) in [6, 6.07) is 18.6. The number of carbonyl (C=O) groups excluding carboxylic acids is 1. The molecule has 1 fully saturated rings. The highest BCUT2D eigenvalue weighted by Crippen LogP contribution is 2.25. The van der Waals surface area contributed by atoms with Crippen molar-refractivity contribution in [2.75, 3.05) is 26.8 Å². The lowest BCUT2D eigenvalue weighted by molar-refractivity contribution is -0.0127. The summed E-state index contributed by atoms with van der Waals surface area (Å²) in [7, 11) is 1.65. The highest BCUT2D eigenvalue weighted by atomic mass is 16.5. The number of ether oxygens (including phenoxy) is 1. The summed E-state index contributed by atoms with van der Waals surface area (Å²) in [5, 5.41) is 2.64. The van der Waals surface area contributed by atoms with E-state index in [0.717, 1.165) is 26.3 Å². The summed E-state index contributed by atoms with van der Waals surface area (Å²) in [5.74, 6) is -0.0508. The number of carbonyl (C=O) groups is 1. The van der Waals surface area contributed by atoms with Crippen LogP contribution in [0.2, 0.25) is 0 Å². The second kappa shape index (κ2) is 7.40. The maximum absolute atomic E-state index is 11.6. The quantitative estimate of drug-likeness (QED) is 0.944. The Hall–Kier alpha value is -2.17. The van der Waals surface area contributed by atoms with E-state index < -0.39 is 0 Å². The summed E-state index contributed by atoms with van der Waals surface area (Å²) < 4.78 is 5.67. The first-order valence-corrected chi connectivity index (χ1v) is 7.95. The standard InChI is InChI=1S/C19H22N2O2/c1-20-19(22)17-9-7-15(8-10-17)13-21-11-12-23-14-18(21)16-5-3-2-4-6-16/h2-10,18H,11-14H2,1H3,(H,20,22)/t18-/m1/s1. The zero-order valence-corrected chi connectivity index (χ0v) is 13.4. The fourth-order valence-electron chi connectivity index (χ4n) is 2.95. The van der Waals surface area contributed by atoms with Gasteiger partial charge in [0.25, 0.3) is 5.91 Å². The average Bonchev–Trinajstić information content (AvgIpc) is 2.63. The second-order valence-electron chi connectivity index (χ2n) is 5.75. The van der Waals surface area contributed by atoms with Crippen LogP contribution >= 0.6 is 0 Å². The van der Waals surface area contributed by atoms with Crippen molar-refractivity contribution in [1.82, 2.24) is 10.2 Å². The molecule has 0 radical (unpaired) electrons. The molecule has 2 aromatic carbocycles. The average molecular weight is 310 g/mol. The summed E-state index contributed by atoms with van der Waals surface area (Å²) in [4.78, 5) is 14.1. The maximum Gasteiger partial charge on any atom is 0.251 e. The molecule has 0 saturated carbocycles. The van der Waals surface area contributed by atoms with Crippen molar-refractivity contribution in [2.24, 2.45) is 0 Å². The molecule has 1 aliphatic rings. The number of hydrogen-bond donors (Lipinski definition) is 1. The number of hydrogen-bond acceptors (Lipinski definition) is 3. The lowest BCUT2D eigenvalue weighted by Gasteiger charge is -2.36. The van der Waals surface area contributed by atoms with Crippen LogP contribution in [0.5, 0.6) is 0 Å². The molecule has 2 aromatic rings. The van der Waals surface area contributed by atoms with Crippen LogP contribution < -0.4 is 5.32 Å². The molecule has 4 nitrogen and oxygen atoms in total. The highest BCUT2D eigenvalue weighted by molar-refractivity contribution is 5.93. The summed E-state index contributed by atoms with van der Waals surface area (Å²) in [6.45, 7) is 3.26. The van der Waals surface area contributed by atoms with Gasteiger partial charge in [-0.2, -0.15) is 0 Å². The molecule has 3 rings (SSSR count). The van der Waals surface area contributed by atoms with E-state index in [4.69, 9.17) is 4.74 Å². The monoisotopic (exact) mass is 310 g/mol. The molecular weight excluding hydrogens is 288 g/mol. The van der Waals surface area contributed by atoms with Gasteiger partial charge < -0.3 is 10.1 Å². The molecule has 120 valence electrons. The van der Waals surface area contributed by atoms with Crippen LogP contribution in [0.25, 0.3) is 0 Å². The summed E-state index contributed by atoms with van der Waals surface area (Å²) >= 11 is 0. The Morgan fingerprint density at radius 2 is 1.91 bits per heavy atom. The van der Waals surface area contributed by atoms with Crippen molar-refractivity contribution in [3.63, 3.8) is 0 Å². The van der Waals surface area contributed by atoms with Crippen molar-refractivity contribution in [2.45, 2.75) is 12.6 Å². The fraction of sp³-hybridized carbons (Fsp3) is 0.316. The second-order valence-corrected chi connectivity index (χ2v) is 5.75. The molecule has 1 N–H and O–H groups in total. The van der Waals surface area contributed by atoms with Crippen LogP contribution in [-0.2, 0) is 11.3 Å². The number of amides is 1. The molecule has 1 amide bonds. The number of nitrogens with one attached hydrogen (secondary N) is 1. The Kier molecular flexibility index (Phi) is 5.05. The third kappa shape index (κ3) is 3.78. The van der Waals surface area contributed by atoms with Gasteiger partial charge in [0.15, 0.2) is 0 Å².